The minimum atomic E-state index is -1.52. The molecule has 6 nitrogen and oxygen atoms in total. The van der Waals surface area contributed by atoms with Gasteiger partial charge in [0.05, 0.1) is 6.20 Å². The van der Waals surface area contributed by atoms with Crippen molar-refractivity contribution in [1.29, 1.82) is 0 Å². The molecule has 1 amide bonds. The standard InChI is InChI=1S/C10H11FN2O4/c11-6-1-2-7(13-5-6)9(15)12-4-3-8(14)10(16)17/h1-2,5,8,14H,3-4H2,(H,12,15)(H,16,17)/t8-/m0/s1. The van der Waals surface area contributed by atoms with Gasteiger partial charge in [0.25, 0.3) is 5.91 Å². The van der Waals surface area contributed by atoms with E-state index in [0.29, 0.717) is 0 Å². The van der Waals surface area contributed by atoms with Gasteiger partial charge in [-0.15, -0.1) is 0 Å². The molecular weight excluding hydrogens is 231 g/mol. The molecule has 0 aromatic carbocycles. The van der Waals surface area contributed by atoms with E-state index >= 15 is 0 Å². The second kappa shape index (κ2) is 5.90. The van der Waals surface area contributed by atoms with E-state index in [1.165, 1.54) is 6.07 Å². The van der Waals surface area contributed by atoms with Crippen LogP contribution < -0.4 is 5.32 Å². The molecule has 1 rings (SSSR count). The lowest BCUT2D eigenvalue weighted by Crippen LogP contribution is -2.30. The number of hydrogen-bond donors (Lipinski definition) is 3. The maximum atomic E-state index is 12.5. The molecule has 1 aromatic rings. The smallest absolute Gasteiger partial charge is 0.332 e. The molecule has 17 heavy (non-hydrogen) atoms. The number of pyridine rings is 1. The van der Waals surface area contributed by atoms with Gasteiger partial charge < -0.3 is 15.5 Å². The van der Waals surface area contributed by atoms with Crippen LogP contribution in [0.3, 0.4) is 0 Å². The molecule has 0 spiro atoms. The third kappa shape index (κ3) is 4.15. The zero-order chi connectivity index (χ0) is 12.8. The minimum absolute atomic E-state index is 0.00857. The highest BCUT2D eigenvalue weighted by molar-refractivity contribution is 5.92. The van der Waals surface area contributed by atoms with Crippen molar-refractivity contribution in [3.05, 3.63) is 29.8 Å². The maximum absolute atomic E-state index is 12.5. The molecule has 0 aliphatic rings. The molecule has 0 aliphatic heterocycles. The summed E-state index contributed by atoms with van der Waals surface area (Å²) in [4.78, 5) is 25.2. The molecule has 0 unspecified atom stereocenters. The molecule has 1 aromatic heterocycles. The predicted octanol–water partition coefficient (Wildman–Crippen LogP) is -0.214. The molecule has 0 aliphatic carbocycles. The van der Waals surface area contributed by atoms with Crippen LogP contribution in [0.4, 0.5) is 4.39 Å². The molecule has 7 heteroatoms. The van der Waals surface area contributed by atoms with Crippen molar-refractivity contribution in [3.8, 4) is 0 Å². The Hall–Kier alpha value is -2.02. The first-order valence-electron chi connectivity index (χ1n) is 4.81. The normalized spacial score (nSPS) is 11.9. The highest BCUT2D eigenvalue weighted by atomic mass is 19.1. The summed E-state index contributed by atoms with van der Waals surface area (Å²) in [7, 11) is 0. The Bertz CT molecular complexity index is 407. The van der Waals surface area contributed by atoms with E-state index in [4.69, 9.17) is 10.2 Å². The van der Waals surface area contributed by atoms with Crippen molar-refractivity contribution in [2.75, 3.05) is 6.54 Å². The first kappa shape index (κ1) is 13.0. The Labute approximate surface area is 96.1 Å². The average Bonchev–Trinajstić information content (AvgIpc) is 2.29. The number of carbonyl (C=O) groups is 2. The molecule has 1 atom stereocenters. The van der Waals surface area contributed by atoms with Gasteiger partial charge >= 0.3 is 5.97 Å². The van der Waals surface area contributed by atoms with E-state index in [0.717, 1.165) is 12.3 Å². The average molecular weight is 242 g/mol. The van der Waals surface area contributed by atoms with Crippen LogP contribution in [0.5, 0.6) is 0 Å². The van der Waals surface area contributed by atoms with Crippen LogP contribution in [-0.2, 0) is 4.79 Å². The Morgan fingerprint density at radius 3 is 2.71 bits per heavy atom. The molecule has 3 N–H and O–H groups in total. The largest absolute Gasteiger partial charge is 0.479 e. The molecule has 0 radical (unpaired) electrons. The minimum Gasteiger partial charge on any atom is -0.479 e. The number of carbonyl (C=O) groups excluding carboxylic acids is 1. The molecule has 0 saturated carbocycles. The number of amides is 1. The lowest BCUT2D eigenvalue weighted by molar-refractivity contribution is -0.146. The van der Waals surface area contributed by atoms with Gasteiger partial charge in [0, 0.05) is 13.0 Å². The van der Waals surface area contributed by atoms with Crippen molar-refractivity contribution in [2.45, 2.75) is 12.5 Å². The molecule has 92 valence electrons. The van der Waals surface area contributed by atoms with Crippen LogP contribution in [0.2, 0.25) is 0 Å². The Morgan fingerprint density at radius 2 is 2.18 bits per heavy atom. The number of halogens is 1. The lowest BCUT2D eigenvalue weighted by Gasteiger charge is -2.06. The summed E-state index contributed by atoms with van der Waals surface area (Å²) >= 11 is 0. The second-order valence-corrected chi connectivity index (χ2v) is 3.26. The van der Waals surface area contributed by atoms with Crippen LogP contribution in [0.15, 0.2) is 18.3 Å². The maximum Gasteiger partial charge on any atom is 0.332 e. The summed E-state index contributed by atoms with van der Waals surface area (Å²) < 4.78 is 12.5. The van der Waals surface area contributed by atoms with Crippen molar-refractivity contribution in [2.24, 2.45) is 0 Å². The van der Waals surface area contributed by atoms with Gasteiger partial charge in [0.15, 0.2) is 6.10 Å². The Kier molecular flexibility index (Phi) is 4.53. The van der Waals surface area contributed by atoms with Crippen molar-refractivity contribution in [3.63, 3.8) is 0 Å². The topological polar surface area (TPSA) is 99.5 Å². The number of hydrogen-bond acceptors (Lipinski definition) is 4. The summed E-state index contributed by atoms with van der Waals surface area (Å²) in [5, 5.41) is 19.7. The van der Waals surface area contributed by atoms with Gasteiger partial charge in [-0.05, 0) is 12.1 Å². The number of aromatic nitrogens is 1. The van der Waals surface area contributed by atoms with E-state index in [2.05, 4.69) is 10.3 Å². The fourth-order valence-electron chi connectivity index (χ4n) is 1.05. The van der Waals surface area contributed by atoms with Crippen LogP contribution in [0.25, 0.3) is 0 Å². The summed E-state index contributed by atoms with van der Waals surface area (Å²) in [5.41, 5.74) is 0.0243. The summed E-state index contributed by atoms with van der Waals surface area (Å²) in [5.74, 6) is -2.45. The van der Waals surface area contributed by atoms with E-state index in [-0.39, 0.29) is 18.7 Å². The highest BCUT2D eigenvalue weighted by Crippen LogP contribution is 1.98. The fourth-order valence-corrected chi connectivity index (χ4v) is 1.05. The molecule has 0 fully saturated rings. The van der Waals surface area contributed by atoms with Crippen LogP contribution in [-0.4, -0.2) is 39.7 Å². The van der Waals surface area contributed by atoms with Crippen molar-refractivity contribution in [1.82, 2.24) is 10.3 Å². The van der Waals surface area contributed by atoms with Gasteiger partial charge in [-0.1, -0.05) is 0 Å². The van der Waals surface area contributed by atoms with Gasteiger partial charge in [-0.25, -0.2) is 14.2 Å². The Morgan fingerprint density at radius 1 is 1.47 bits per heavy atom. The molecule has 1 heterocycles. The van der Waals surface area contributed by atoms with Gasteiger partial charge in [0.1, 0.15) is 11.5 Å². The van der Waals surface area contributed by atoms with Crippen molar-refractivity contribution < 1.29 is 24.2 Å². The van der Waals surface area contributed by atoms with E-state index in [1.807, 2.05) is 0 Å². The number of aliphatic carboxylic acids is 1. The zero-order valence-corrected chi connectivity index (χ0v) is 8.76. The number of carboxylic acid groups (broad SMARTS) is 1. The van der Waals surface area contributed by atoms with Gasteiger partial charge in [0.2, 0.25) is 0 Å². The number of nitrogens with one attached hydrogen (secondary N) is 1. The van der Waals surface area contributed by atoms with Gasteiger partial charge in [-0.3, -0.25) is 4.79 Å². The first-order chi connectivity index (χ1) is 8.00. The van der Waals surface area contributed by atoms with E-state index in [9.17, 15) is 14.0 Å². The number of nitrogens with zero attached hydrogens (tertiary/aromatic N) is 1. The van der Waals surface area contributed by atoms with Gasteiger partial charge in [-0.2, -0.15) is 0 Å². The molecular formula is C10H11FN2O4. The SMILES string of the molecule is O=C(NCC[C@H](O)C(=O)O)c1ccc(F)cn1. The first-order valence-corrected chi connectivity index (χ1v) is 4.81. The monoisotopic (exact) mass is 242 g/mol. The quantitative estimate of drug-likeness (QED) is 0.663. The third-order valence-corrected chi connectivity index (χ3v) is 1.95. The van der Waals surface area contributed by atoms with Crippen LogP contribution in [0.1, 0.15) is 16.9 Å². The fraction of sp³-hybridized carbons (Fsp3) is 0.300. The number of aliphatic hydroxyl groups is 1. The predicted molar refractivity (Wildman–Crippen MR) is 54.8 cm³/mol. The summed E-state index contributed by atoms with van der Waals surface area (Å²) in [6.07, 6.45) is -0.722. The lowest BCUT2D eigenvalue weighted by atomic mass is 10.2. The van der Waals surface area contributed by atoms with E-state index in [1.54, 1.807) is 0 Å². The number of carboxylic acids is 1. The summed E-state index contributed by atoms with van der Waals surface area (Å²) in [6, 6.07) is 2.30. The molecule has 0 bridgehead atoms. The zero-order valence-electron chi connectivity index (χ0n) is 8.76. The molecule has 0 saturated heterocycles. The summed E-state index contributed by atoms with van der Waals surface area (Å²) in [6.45, 7) is -0.00857. The second-order valence-electron chi connectivity index (χ2n) is 3.26. The van der Waals surface area contributed by atoms with Crippen molar-refractivity contribution >= 4 is 11.9 Å². The number of rotatable bonds is 5. The van der Waals surface area contributed by atoms with E-state index < -0.39 is 23.8 Å². The number of aliphatic hydroxyl groups excluding tert-OH is 1. The van der Waals surface area contributed by atoms with Crippen LogP contribution in [0, 0.1) is 5.82 Å². The van der Waals surface area contributed by atoms with Crippen LogP contribution >= 0.6 is 0 Å². The Balaban J connectivity index is 2.40. The third-order valence-electron chi connectivity index (χ3n) is 1.95. The highest BCUT2D eigenvalue weighted by Gasteiger charge is 2.13.